The minimum absolute atomic E-state index is 0.00277. The fourth-order valence-corrected chi connectivity index (χ4v) is 7.03. The van der Waals surface area contributed by atoms with E-state index < -0.39 is 29.7 Å². The summed E-state index contributed by atoms with van der Waals surface area (Å²) in [6, 6.07) is 25.3. The highest BCUT2D eigenvalue weighted by Gasteiger charge is 2.42. The standard InChI is InChI=1S/C46H56N2O7/c1-32(2)13-11-14-33(3)15-12-16-34(4)27-28-47-44(50)35(5)30-48(45(47)51)43-29-41(49)42(55-43)31-54-46(36-17-9-8-10-18-36,37-19-23-39(52-6)24-20-37)38-21-25-40(53-7)26-22-38/h8-10,13,15,17-27,30,41-43,49H,11-12,14,16,28-29,31H2,1-7H3/b33-15+,34-27+/t41-,42-,43-/m1/s1. The molecule has 0 aliphatic carbocycles. The maximum Gasteiger partial charge on any atom is 0.333 e. The Hall–Kier alpha value is -4.96. The van der Waals surface area contributed by atoms with Crippen LogP contribution in [0.2, 0.25) is 0 Å². The van der Waals surface area contributed by atoms with Gasteiger partial charge in [-0.1, -0.05) is 89.5 Å². The summed E-state index contributed by atoms with van der Waals surface area (Å²) < 4.78 is 27.0. The second-order valence-corrected chi connectivity index (χ2v) is 14.6. The summed E-state index contributed by atoms with van der Waals surface area (Å²) in [5, 5.41) is 11.4. The largest absolute Gasteiger partial charge is 0.497 e. The van der Waals surface area contributed by atoms with Crippen molar-refractivity contribution >= 4 is 0 Å². The van der Waals surface area contributed by atoms with Gasteiger partial charge in [-0.2, -0.15) is 0 Å². The topological polar surface area (TPSA) is 101 Å². The van der Waals surface area contributed by atoms with Gasteiger partial charge in [0.1, 0.15) is 29.4 Å². The second-order valence-electron chi connectivity index (χ2n) is 14.6. The predicted molar refractivity (Wildman–Crippen MR) is 218 cm³/mol. The van der Waals surface area contributed by atoms with Crippen LogP contribution in [0.25, 0.3) is 0 Å². The molecule has 9 heteroatoms. The number of allylic oxidation sites excluding steroid dienone is 6. The van der Waals surface area contributed by atoms with Gasteiger partial charge in [-0.05, 0) is 101 Å². The van der Waals surface area contributed by atoms with Crippen molar-refractivity contribution in [2.45, 2.75) is 97.3 Å². The van der Waals surface area contributed by atoms with Crippen molar-refractivity contribution in [2.75, 3.05) is 20.8 Å². The van der Waals surface area contributed by atoms with Crippen LogP contribution < -0.4 is 20.7 Å². The molecule has 0 amide bonds. The maximum atomic E-state index is 13.9. The molecule has 292 valence electrons. The van der Waals surface area contributed by atoms with Crippen molar-refractivity contribution < 1.29 is 24.1 Å². The summed E-state index contributed by atoms with van der Waals surface area (Å²) in [4.78, 5) is 27.1. The molecule has 1 aliphatic rings. The SMILES string of the molecule is COc1ccc(C(OC[C@H]2O[C@@H](n3cc(C)c(=O)n(C/C=C(\C)CC/C=C(\C)CCC=C(C)C)c3=O)C[C@H]2O)(c2ccccc2)c2ccc(OC)cc2)cc1. The third-order valence-corrected chi connectivity index (χ3v) is 10.3. The minimum atomic E-state index is -1.11. The number of rotatable bonds is 17. The van der Waals surface area contributed by atoms with Crippen LogP contribution in [0.15, 0.2) is 130 Å². The van der Waals surface area contributed by atoms with Crippen molar-refractivity contribution in [2.24, 2.45) is 0 Å². The number of aromatic nitrogens is 2. The number of aryl methyl sites for hydroxylation is 1. The number of hydrogen-bond acceptors (Lipinski definition) is 7. The van der Waals surface area contributed by atoms with E-state index >= 15 is 0 Å². The summed E-state index contributed by atoms with van der Waals surface area (Å²) in [7, 11) is 3.25. The van der Waals surface area contributed by atoms with Crippen molar-refractivity contribution in [3.05, 3.63) is 163 Å². The van der Waals surface area contributed by atoms with Crippen LogP contribution in [0.3, 0.4) is 0 Å². The number of aliphatic hydroxyl groups excluding tert-OH is 1. The van der Waals surface area contributed by atoms with E-state index in [9.17, 15) is 14.7 Å². The summed E-state index contributed by atoms with van der Waals surface area (Å²) >= 11 is 0. The monoisotopic (exact) mass is 748 g/mol. The normalized spacial score (nSPS) is 17.6. The lowest BCUT2D eigenvalue weighted by molar-refractivity contribution is -0.0946. The first kappa shape index (κ1) is 41.2. The molecular formula is C46H56N2O7. The van der Waals surface area contributed by atoms with E-state index in [1.807, 2.05) is 91.9 Å². The first-order valence-corrected chi connectivity index (χ1v) is 19.1. The highest BCUT2D eigenvalue weighted by molar-refractivity contribution is 5.49. The Labute approximate surface area is 325 Å². The van der Waals surface area contributed by atoms with Crippen LogP contribution in [-0.4, -0.2) is 47.3 Å². The number of aliphatic hydroxyl groups is 1. The van der Waals surface area contributed by atoms with E-state index in [-0.39, 0.29) is 25.1 Å². The van der Waals surface area contributed by atoms with Gasteiger partial charge in [-0.3, -0.25) is 13.9 Å². The van der Waals surface area contributed by atoms with Gasteiger partial charge < -0.3 is 24.1 Å². The van der Waals surface area contributed by atoms with E-state index in [4.69, 9.17) is 18.9 Å². The number of methoxy groups -OCH3 is 2. The summed E-state index contributed by atoms with van der Waals surface area (Å²) in [5.41, 5.74) is 4.86. The van der Waals surface area contributed by atoms with E-state index in [2.05, 4.69) is 32.9 Å². The molecule has 9 nitrogen and oxygen atoms in total. The molecule has 1 saturated heterocycles. The summed E-state index contributed by atoms with van der Waals surface area (Å²) in [5.74, 6) is 1.41. The molecule has 1 N–H and O–H groups in total. The zero-order valence-electron chi connectivity index (χ0n) is 33.3. The van der Waals surface area contributed by atoms with Gasteiger partial charge in [0.15, 0.2) is 0 Å². The predicted octanol–water partition coefficient (Wildman–Crippen LogP) is 8.41. The molecular weight excluding hydrogens is 693 g/mol. The Balaban J connectivity index is 1.37. The van der Waals surface area contributed by atoms with E-state index in [0.29, 0.717) is 17.1 Å². The van der Waals surface area contributed by atoms with Crippen LogP contribution in [-0.2, 0) is 21.6 Å². The lowest BCUT2D eigenvalue weighted by Gasteiger charge is -2.37. The van der Waals surface area contributed by atoms with Gasteiger partial charge in [0.2, 0.25) is 0 Å². The minimum Gasteiger partial charge on any atom is -0.497 e. The molecule has 0 radical (unpaired) electrons. The van der Waals surface area contributed by atoms with Crippen LogP contribution >= 0.6 is 0 Å². The molecule has 1 fully saturated rings. The van der Waals surface area contributed by atoms with Gasteiger partial charge >= 0.3 is 5.69 Å². The van der Waals surface area contributed by atoms with Gasteiger partial charge in [-0.15, -0.1) is 0 Å². The van der Waals surface area contributed by atoms with Crippen molar-refractivity contribution in [1.82, 2.24) is 9.13 Å². The molecule has 0 spiro atoms. The molecule has 0 saturated carbocycles. The van der Waals surface area contributed by atoms with Crippen LogP contribution in [0.1, 0.15) is 88.3 Å². The quantitative estimate of drug-likeness (QED) is 0.0855. The van der Waals surface area contributed by atoms with Gasteiger partial charge in [0.25, 0.3) is 5.56 Å². The first-order valence-electron chi connectivity index (χ1n) is 19.1. The Kier molecular flexibility index (Phi) is 14.3. The number of hydrogen-bond donors (Lipinski definition) is 1. The molecule has 1 aromatic heterocycles. The smallest absolute Gasteiger partial charge is 0.333 e. The first-order chi connectivity index (χ1) is 26.5. The average molecular weight is 749 g/mol. The van der Waals surface area contributed by atoms with Gasteiger partial charge in [-0.25, -0.2) is 4.79 Å². The highest BCUT2D eigenvalue weighted by Crippen LogP contribution is 2.42. The molecule has 0 unspecified atom stereocenters. The molecule has 0 bridgehead atoms. The van der Waals surface area contributed by atoms with Crippen LogP contribution in [0.5, 0.6) is 11.5 Å². The van der Waals surface area contributed by atoms with Gasteiger partial charge in [0.05, 0.1) is 26.9 Å². The third-order valence-electron chi connectivity index (χ3n) is 10.3. The third kappa shape index (κ3) is 10.0. The molecule has 5 rings (SSSR count). The summed E-state index contributed by atoms with van der Waals surface area (Å²) in [6.45, 7) is 10.3. The Morgan fingerprint density at radius 2 is 1.35 bits per heavy atom. The highest BCUT2D eigenvalue weighted by atomic mass is 16.6. The average Bonchev–Trinajstić information content (AvgIpc) is 3.56. The fraction of sp³-hybridized carbons (Fsp3) is 0.391. The van der Waals surface area contributed by atoms with E-state index in [0.717, 1.165) is 47.9 Å². The lowest BCUT2D eigenvalue weighted by Crippen LogP contribution is -2.42. The molecule has 3 atom stereocenters. The van der Waals surface area contributed by atoms with E-state index in [1.165, 1.54) is 26.5 Å². The molecule has 55 heavy (non-hydrogen) atoms. The number of ether oxygens (including phenoxy) is 4. The van der Waals surface area contributed by atoms with Crippen molar-refractivity contribution in [3.63, 3.8) is 0 Å². The maximum absolute atomic E-state index is 13.9. The molecule has 1 aliphatic heterocycles. The van der Waals surface area contributed by atoms with Crippen LogP contribution in [0.4, 0.5) is 0 Å². The fourth-order valence-electron chi connectivity index (χ4n) is 7.03. The van der Waals surface area contributed by atoms with E-state index in [1.54, 1.807) is 21.1 Å². The zero-order chi connectivity index (χ0) is 39.5. The Morgan fingerprint density at radius 3 is 1.91 bits per heavy atom. The Bertz CT molecular complexity index is 2020. The van der Waals surface area contributed by atoms with Crippen LogP contribution in [0, 0.1) is 6.92 Å². The van der Waals surface area contributed by atoms with Crippen molar-refractivity contribution in [1.29, 1.82) is 0 Å². The molecule has 4 aromatic rings. The number of nitrogens with zero attached hydrogens (tertiary/aromatic N) is 2. The van der Waals surface area contributed by atoms with Gasteiger partial charge in [0, 0.05) is 24.7 Å². The lowest BCUT2D eigenvalue weighted by atomic mass is 9.80. The summed E-state index contributed by atoms with van der Waals surface area (Å²) in [6.07, 6.45) is 9.48. The van der Waals surface area contributed by atoms with Crippen molar-refractivity contribution in [3.8, 4) is 11.5 Å². The Morgan fingerprint density at radius 1 is 0.800 bits per heavy atom. The second kappa shape index (κ2) is 19.1. The number of benzene rings is 3. The molecule has 3 aromatic carbocycles. The zero-order valence-corrected chi connectivity index (χ0v) is 33.3. The molecule has 2 heterocycles.